The number of anilines is 2. The molecule has 3 aromatic rings. The molecule has 0 aliphatic carbocycles. The molecule has 0 fully saturated rings. The van der Waals surface area contributed by atoms with Gasteiger partial charge in [-0.15, -0.1) is 0 Å². The lowest BCUT2D eigenvalue weighted by Crippen LogP contribution is -2.43. The van der Waals surface area contributed by atoms with Gasteiger partial charge >= 0.3 is 0 Å². The number of rotatable bonds is 6. The quantitative estimate of drug-likeness (QED) is 0.202. The van der Waals surface area contributed by atoms with Gasteiger partial charge in [-0.3, -0.25) is 15.6 Å². The number of benzodiazepines with no additional fused rings is 1. The van der Waals surface area contributed by atoms with E-state index in [1.165, 1.54) is 0 Å². The zero-order valence-corrected chi connectivity index (χ0v) is 19.8. The molecule has 0 saturated carbocycles. The van der Waals surface area contributed by atoms with Gasteiger partial charge in [-0.2, -0.15) is 0 Å². The lowest BCUT2D eigenvalue weighted by atomic mass is 10.0. The molecular weight excluding hydrogens is 470 g/mol. The monoisotopic (exact) mass is 495 g/mol. The van der Waals surface area contributed by atoms with Crippen LogP contribution in [0.5, 0.6) is 0 Å². The van der Waals surface area contributed by atoms with Crippen molar-refractivity contribution in [2.45, 2.75) is 12.3 Å². The van der Waals surface area contributed by atoms with E-state index in [9.17, 15) is 4.79 Å². The SMILES string of the molecule is N=C(NC1N=C(c2ccccc2)c2ccccc2NC1=O)OC(=N)c1cccnc1NCC1C=CCO1. The largest absolute Gasteiger partial charge is 0.407 e. The van der Waals surface area contributed by atoms with E-state index >= 15 is 0 Å². The maximum Gasteiger partial charge on any atom is 0.290 e. The van der Waals surface area contributed by atoms with Gasteiger partial charge in [0.05, 0.1) is 29.7 Å². The minimum absolute atomic E-state index is 0.0838. The van der Waals surface area contributed by atoms with Crippen LogP contribution in [0.3, 0.4) is 0 Å². The summed E-state index contributed by atoms with van der Waals surface area (Å²) in [6.45, 7) is 1.04. The number of amides is 1. The lowest BCUT2D eigenvalue weighted by Gasteiger charge is -2.17. The Kier molecular flexibility index (Phi) is 7.00. The van der Waals surface area contributed by atoms with E-state index in [2.05, 4.69) is 25.9 Å². The van der Waals surface area contributed by atoms with Crippen molar-refractivity contribution < 1.29 is 14.3 Å². The molecule has 10 nitrogen and oxygen atoms in total. The minimum Gasteiger partial charge on any atom is -0.407 e. The van der Waals surface area contributed by atoms with Crippen molar-refractivity contribution in [2.75, 3.05) is 23.8 Å². The molecule has 5 rings (SSSR count). The van der Waals surface area contributed by atoms with Gasteiger partial charge in [0, 0.05) is 23.9 Å². The van der Waals surface area contributed by atoms with Crippen LogP contribution in [0.4, 0.5) is 11.5 Å². The lowest BCUT2D eigenvalue weighted by molar-refractivity contribution is -0.117. The molecule has 0 radical (unpaired) electrons. The number of hydrogen-bond acceptors (Lipinski definition) is 8. The van der Waals surface area contributed by atoms with Crippen LogP contribution in [0.2, 0.25) is 0 Å². The third-order valence-corrected chi connectivity index (χ3v) is 5.75. The van der Waals surface area contributed by atoms with Crippen LogP contribution in [0.15, 0.2) is 90.1 Å². The third-order valence-electron chi connectivity index (χ3n) is 5.75. The molecule has 0 spiro atoms. The average molecular weight is 496 g/mol. The van der Waals surface area contributed by atoms with Crippen LogP contribution < -0.4 is 16.0 Å². The van der Waals surface area contributed by atoms with Crippen LogP contribution >= 0.6 is 0 Å². The summed E-state index contributed by atoms with van der Waals surface area (Å²) in [6.07, 6.45) is 4.26. The summed E-state index contributed by atoms with van der Waals surface area (Å²) in [7, 11) is 0. The second kappa shape index (κ2) is 10.8. The molecule has 1 aromatic heterocycles. The number of benzene rings is 2. The number of pyridine rings is 1. The Labute approximate surface area is 213 Å². The zero-order valence-electron chi connectivity index (χ0n) is 19.8. The van der Waals surface area contributed by atoms with E-state index in [0.717, 1.165) is 11.1 Å². The number of fused-ring (bicyclic) bond motifs is 1. The number of nitrogens with zero attached hydrogens (tertiary/aromatic N) is 2. The predicted molar refractivity (Wildman–Crippen MR) is 141 cm³/mol. The Bertz CT molecular complexity index is 1390. The summed E-state index contributed by atoms with van der Waals surface area (Å²) in [4.78, 5) is 21.9. The first-order valence-corrected chi connectivity index (χ1v) is 11.7. The maximum absolute atomic E-state index is 13.0. The third kappa shape index (κ3) is 5.54. The van der Waals surface area contributed by atoms with Gasteiger partial charge < -0.3 is 25.4 Å². The number of carbonyl (C=O) groups is 1. The summed E-state index contributed by atoms with van der Waals surface area (Å²) in [5, 5.41) is 25.4. The minimum atomic E-state index is -1.15. The smallest absolute Gasteiger partial charge is 0.290 e. The number of aromatic nitrogens is 1. The fraction of sp³-hybridized carbons (Fsp3) is 0.148. The number of hydrogen-bond donors (Lipinski definition) is 5. The number of aliphatic imine (C=N–C) groups is 1. The second-order valence-corrected chi connectivity index (χ2v) is 8.27. The molecule has 2 aromatic carbocycles. The van der Waals surface area contributed by atoms with Gasteiger partial charge in [0.1, 0.15) is 5.82 Å². The van der Waals surface area contributed by atoms with Gasteiger partial charge in [-0.25, -0.2) is 9.98 Å². The van der Waals surface area contributed by atoms with Crippen molar-refractivity contribution in [2.24, 2.45) is 4.99 Å². The first kappa shape index (κ1) is 23.9. The molecule has 2 atom stereocenters. The molecule has 2 unspecified atom stereocenters. The zero-order chi connectivity index (χ0) is 25.6. The van der Waals surface area contributed by atoms with Crippen molar-refractivity contribution in [3.8, 4) is 0 Å². The highest BCUT2D eigenvalue weighted by Gasteiger charge is 2.27. The number of ether oxygens (including phenoxy) is 2. The Morgan fingerprint density at radius 3 is 2.70 bits per heavy atom. The van der Waals surface area contributed by atoms with Gasteiger partial charge in [0.15, 0.2) is 0 Å². The normalized spacial score (nSPS) is 18.2. The number of carbonyl (C=O) groups excluding carboxylic acids is 1. The van der Waals surface area contributed by atoms with E-state index in [-0.39, 0.29) is 12.0 Å². The van der Waals surface area contributed by atoms with Crippen molar-refractivity contribution >= 4 is 35.0 Å². The van der Waals surface area contributed by atoms with Crippen LogP contribution in [-0.2, 0) is 14.3 Å². The molecule has 186 valence electrons. The molecule has 10 heteroatoms. The Balaban J connectivity index is 1.32. The average Bonchev–Trinajstić information content (AvgIpc) is 3.40. The fourth-order valence-electron chi connectivity index (χ4n) is 3.99. The molecule has 2 aliphatic heterocycles. The van der Waals surface area contributed by atoms with E-state index in [4.69, 9.17) is 20.3 Å². The van der Waals surface area contributed by atoms with Crippen LogP contribution in [0.25, 0.3) is 0 Å². The highest BCUT2D eigenvalue weighted by Crippen LogP contribution is 2.23. The van der Waals surface area contributed by atoms with E-state index < -0.39 is 18.1 Å². The van der Waals surface area contributed by atoms with Gasteiger partial charge in [0.2, 0.25) is 12.1 Å². The van der Waals surface area contributed by atoms with Crippen molar-refractivity contribution in [3.63, 3.8) is 0 Å². The molecular formula is C27H25N7O3. The first-order valence-electron chi connectivity index (χ1n) is 11.7. The molecule has 1 amide bonds. The van der Waals surface area contributed by atoms with Gasteiger partial charge in [0.25, 0.3) is 11.9 Å². The summed E-state index contributed by atoms with van der Waals surface area (Å²) >= 11 is 0. The summed E-state index contributed by atoms with van der Waals surface area (Å²) in [5.41, 5.74) is 3.16. The number of para-hydroxylation sites is 1. The van der Waals surface area contributed by atoms with E-state index in [0.29, 0.717) is 35.9 Å². The second-order valence-electron chi connectivity index (χ2n) is 8.27. The Hall–Kier alpha value is -4.83. The highest BCUT2D eigenvalue weighted by molar-refractivity contribution is 6.19. The maximum atomic E-state index is 13.0. The van der Waals surface area contributed by atoms with Crippen LogP contribution in [0.1, 0.15) is 16.7 Å². The van der Waals surface area contributed by atoms with Crippen LogP contribution in [-0.4, -0.2) is 53.9 Å². The molecule has 37 heavy (non-hydrogen) atoms. The van der Waals surface area contributed by atoms with Gasteiger partial charge in [-0.05, 0) is 18.2 Å². The van der Waals surface area contributed by atoms with Gasteiger partial charge in [-0.1, -0.05) is 60.7 Å². The summed E-state index contributed by atoms with van der Waals surface area (Å²) in [5.74, 6) is -0.330. The van der Waals surface area contributed by atoms with E-state index in [1.54, 1.807) is 24.4 Å². The predicted octanol–water partition coefficient (Wildman–Crippen LogP) is 3.13. The Morgan fingerprint density at radius 1 is 1.08 bits per heavy atom. The summed E-state index contributed by atoms with van der Waals surface area (Å²) < 4.78 is 11.0. The molecule has 0 saturated heterocycles. The van der Waals surface area contributed by atoms with Crippen molar-refractivity contribution in [1.29, 1.82) is 10.8 Å². The molecule has 2 aliphatic rings. The summed E-state index contributed by atoms with van der Waals surface area (Å²) in [6, 6.07) is 19.7. The molecule has 0 bridgehead atoms. The number of nitrogens with one attached hydrogen (secondary N) is 5. The topological polar surface area (TPSA) is 145 Å². The molecule has 5 N–H and O–H groups in total. The number of amidine groups is 1. The molecule has 3 heterocycles. The van der Waals surface area contributed by atoms with Crippen molar-refractivity contribution in [3.05, 3.63) is 102 Å². The fourth-order valence-corrected chi connectivity index (χ4v) is 3.99. The van der Waals surface area contributed by atoms with Crippen molar-refractivity contribution in [1.82, 2.24) is 10.3 Å². The standard InChI is InChI=1S/C27H25N7O3/c28-23(20-12-6-14-30-24(20)31-16-18-10-7-15-36-18)37-27(29)34-25-26(35)32-21-13-5-4-11-19(21)22(33-25)17-8-2-1-3-9-17/h1-14,18,25,28H,15-16H2,(H2,29,34)(H,30,31)(H,32,35). The Morgan fingerprint density at radius 2 is 1.89 bits per heavy atom. The van der Waals surface area contributed by atoms with E-state index in [1.807, 2.05) is 60.7 Å². The van der Waals surface area contributed by atoms with Crippen LogP contribution in [0, 0.1) is 10.8 Å². The highest BCUT2D eigenvalue weighted by atomic mass is 16.5. The first-order chi connectivity index (χ1) is 18.1.